The molecule has 0 radical (unpaired) electrons. The minimum Gasteiger partial charge on any atom is -0.382 e. The monoisotopic (exact) mass is 274 g/mol. The molecule has 102 valence electrons. The minimum atomic E-state index is -0.728. The molecule has 0 spiro atoms. The molecule has 0 saturated carbocycles. The summed E-state index contributed by atoms with van der Waals surface area (Å²) in [6.45, 7) is 0. The second kappa shape index (κ2) is 4.72. The summed E-state index contributed by atoms with van der Waals surface area (Å²) in [6.07, 6.45) is 1.16. The van der Waals surface area contributed by atoms with Gasteiger partial charge in [0.05, 0.1) is 11.2 Å². The van der Waals surface area contributed by atoms with Crippen LogP contribution in [0.2, 0.25) is 0 Å². The Balaban J connectivity index is 1.85. The van der Waals surface area contributed by atoms with E-state index in [2.05, 4.69) is 9.97 Å². The number of aliphatic hydroxyl groups excluding tert-OH is 1. The highest BCUT2D eigenvalue weighted by molar-refractivity contribution is 5.84. The van der Waals surface area contributed by atoms with Gasteiger partial charge in [-0.2, -0.15) is 0 Å². The van der Waals surface area contributed by atoms with Crippen LogP contribution in [-0.4, -0.2) is 15.1 Å². The highest BCUT2D eigenvalue weighted by Crippen LogP contribution is 2.28. The molecule has 2 aromatic carbocycles. The van der Waals surface area contributed by atoms with Crippen molar-refractivity contribution >= 4 is 21.8 Å². The zero-order valence-corrected chi connectivity index (χ0v) is 11.3. The topological polar surface area (TPSA) is 48.9 Å². The largest absolute Gasteiger partial charge is 0.382 e. The Bertz CT molecular complexity index is 926. The fourth-order valence-corrected chi connectivity index (χ4v) is 2.74. The van der Waals surface area contributed by atoms with E-state index in [0.717, 1.165) is 27.4 Å². The number of aliphatic hydroxyl groups is 1. The number of aromatic amines is 1. The Morgan fingerprint density at radius 2 is 1.81 bits per heavy atom. The zero-order valence-electron chi connectivity index (χ0n) is 11.3. The first-order chi connectivity index (χ1) is 10.3. The summed E-state index contributed by atoms with van der Waals surface area (Å²) in [7, 11) is 0. The van der Waals surface area contributed by atoms with Crippen molar-refractivity contribution in [3.8, 4) is 0 Å². The van der Waals surface area contributed by atoms with Gasteiger partial charge in [-0.15, -0.1) is 0 Å². The van der Waals surface area contributed by atoms with Crippen LogP contribution in [0.3, 0.4) is 0 Å². The van der Waals surface area contributed by atoms with Crippen molar-refractivity contribution in [2.75, 3.05) is 0 Å². The number of pyridine rings is 1. The van der Waals surface area contributed by atoms with E-state index in [0.29, 0.717) is 5.69 Å². The van der Waals surface area contributed by atoms with Gasteiger partial charge in [-0.05, 0) is 29.8 Å². The van der Waals surface area contributed by atoms with Gasteiger partial charge in [-0.25, -0.2) is 4.98 Å². The van der Waals surface area contributed by atoms with Crippen molar-refractivity contribution in [3.63, 3.8) is 0 Å². The van der Waals surface area contributed by atoms with Crippen LogP contribution in [0.25, 0.3) is 21.8 Å². The Kier molecular flexibility index (Phi) is 2.72. The van der Waals surface area contributed by atoms with Crippen molar-refractivity contribution in [3.05, 3.63) is 78.1 Å². The molecule has 0 bridgehead atoms. The van der Waals surface area contributed by atoms with E-state index < -0.39 is 6.10 Å². The molecule has 1 unspecified atom stereocenters. The van der Waals surface area contributed by atoms with E-state index in [1.807, 2.05) is 66.9 Å². The average Bonchev–Trinajstić information content (AvgIpc) is 3.02. The number of nitrogens with zero attached hydrogens (tertiary/aromatic N) is 1. The van der Waals surface area contributed by atoms with E-state index in [1.54, 1.807) is 0 Å². The van der Waals surface area contributed by atoms with E-state index >= 15 is 0 Å². The van der Waals surface area contributed by atoms with Crippen LogP contribution in [0.5, 0.6) is 0 Å². The predicted molar refractivity (Wildman–Crippen MR) is 84.1 cm³/mol. The molecular formula is C18H14N2O. The summed E-state index contributed by atoms with van der Waals surface area (Å²) in [5.74, 6) is 0. The Morgan fingerprint density at radius 1 is 0.905 bits per heavy atom. The lowest BCUT2D eigenvalue weighted by atomic mass is 10.0. The van der Waals surface area contributed by atoms with E-state index in [-0.39, 0.29) is 0 Å². The van der Waals surface area contributed by atoms with Crippen LogP contribution in [0, 0.1) is 0 Å². The van der Waals surface area contributed by atoms with Crippen molar-refractivity contribution in [1.82, 2.24) is 9.97 Å². The number of rotatable bonds is 2. The third-order valence-electron chi connectivity index (χ3n) is 3.82. The molecule has 0 aliphatic rings. The molecule has 0 aliphatic carbocycles. The molecule has 1 atom stereocenters. The van der Waals surface area contributed by atoms with Gasteiger partial charge in [0.15, 0.2) is 0 Å². The van der Waals surface area contributed by atoms with Crippen LogP contribution in [0.1, 0.15) is 17.4 Å². The summed E-state index contributed by atoms with van der Waals surface area (Å²) in [5.41, 5.74) is 3.46. The van der Waals surface area contributed by atoms with Crippen LogP contribution in [0.15, 0.2) is 66.9 Å². The lowest BCUT2D eigenvalue weighted by molar-refractivity contribution is 0.217. The second-order valence-electron chi connectivity index (χ2n) is 5.12. The fourth-order valence-electron chi connectivity index (χ4n) is 2.74. The Morgan fingerprint density at radius 3 is 2.76 bits per heavy atom. The summed E-state index contributed by atoms with van der Waals surface area (Å²) >= 11 is 0. The molecule has 0 aliphatic heterocycles. The maximum absolute atomic E-state index is 10.7. The highest BCUT2D eigenvalue weighted by Gasteiger charge is 2.15. The number of benzene rings is 2. The van der Waals surface area contributed by atoms with Gasteiger partial charge in [-0.1, -0.05) is 36.4 Å². The number of hydrogen-bond acceptors (Lipinski definition) is 2. The van der Waals surface area contributed by atoms with Gasteiger partial charge in [-0.3, -0.25) is 0 Å². The van der Waals surface area contributed by atoms with Gasteiger partial charge in [0, 0.05) is 22.5 Å². The predicted octanol–water partition coefficient (Wildman–Crippen LogP) is 3.80. The quantitative estimate of drug-likeness (QED) is 0.584. The van der Waals surface area contributed by atoms with Crippen molar-refractivity contribution in [2.45, 2.75) is 6.10 Å². The summed E-state index contributed by atoms with van der Waals surface area (Å²) in [6, 6.07) is 19.7. The number of nitrogens with one attached hydrogen (secondary N) is 1. The van der Waals surface area contributed by atoms with Crippen molar-refractivity contribution in [1.29, 1.82) is 0 Å². The standard InChI is InChI=1S/C18H14N2O/c21-18(14-5-3-7-16-13(14)10-11-19-16)17-9-8-12-4-1-2-6-15(12)20-17/h1-11,18-19,21H. The number of aromatic nitrogens is 2. The molecule has 2 N–H and O–H groups in total. The summed E-state index contributed by atoms with van der Waals surface area (Å²) in [5, 5.41) is 12.8. The number of para-hydroxylation sites is 1. The first kappa shape index (κ1) is 12.1. The first-order valence-electron chi connectivity index (χ1n) is 6.93. The third-order valence-corrected chi connectivity index (χ3v) is 3.82. The molecule has 2 heterocycles. The van der Waals surface area contributed by atoms with Crippen molar-refractivity contribution in [2.24, 2.45) is 0 Å². The maximum atomic E-state index is 10.7. The normalized spacial score (nSPS) is 12.8. The zero-order chi connectivity index (χ0) is 14.2. The van der Waals surface area contributed by atoms with Gasteiger partial charge in [0.2, 0.25) is 0 Å². The molecule has 3 nitrogen and oxygen atoms in total. The number of hydrogen-bond donors (Lipinski definition) is 2. The molecule has 4 aromatic rings. The van der Waals surface area contributed by atoms with E-state index in [4.69, 9.17) is 0 Å². The molecule has 0 saturated heterocycles. The maximum Gasteiger partial charge on any atom is 0.122 e. The smallest absolute Gasteiger partial charge is 0.122 e. The molecule has 0 amide bonds. The number of H-pyrrole nitrogens is 1. The Hall–Kier alpha value is -2.65. The lowest BCUT2D eigenvalue weighted by Crippen LogP contribution is -2.02. The molecule has 4 rings (SSSR count). The van der Waals surface area contributed by atoms with E-state index in [1.165, 1.54) is 0 Å². The first-order valence-corrected chi connectivity index (χ1v) is 6.93. The molecule has 21 heavy (non-hydrogen) atoms. The van der Waals surface area contributed by atoms with Crippen LogP contribution in [0.4, 0.5) is 0 Å². The van der Waals surface area contributed by atoms with Crippen LogP contribution < -0.4 is 0 Å². The SMILES string of the molecule is OC(c1ccc2ccccc2n1)c1cccc2[nH]ccc12. The molecule has 0 fully saturated rings. The van der Waals surface area contributed by atoms with Crippen LogP contribution >= 0.6 is 0 Å². The number of fused-ring (bicyclic) bond motifs is 2. The third kappa shape index (κ3) is 1.99. The highest BCUT2D eigenvalue weighted by atomic mass is 16.3. The second-order valence-corrected chi connectivity index (χ2v) is 5.12. The van der Waals surface area contributed by atoms with Gasteiger partial charge < -0.3 is 10.1 Å². The van der Waals surface area contributed by atoms with Crippen molar-refractivity contribution < 1.29 is 5.11 Å². The lowest BCUT2D eigenvalue weighted by Gasteiger charge is -2.12. The summed E-state index contributed by atoms with van der Waals surface area (Å²) in [4.78, 5) is 7.75. The van der Waals surface area contributed by atoms with Gasteiger partial charge in [0.1, 0.15) is 6.10 Å². The van der Waals surface area contributed by atoms with E-state index in [9.17, 15) is 5.11 Å². The molecule has 3 heteroatoms. The van der Waals surface area contributed by atoms with Crippen LogP contribution in [-0.2, 0) is 0 Å². The minimum absolute atomic E-state index is 0.669. The van der Waals surface area contributed by atoms with Gasteiger partial charge in [0.25, 0.3) is 0 Å². The average molecular weight is 274 g/mol. The Labute approximate surface area is 121 Å². The molecule has 2 aromatic heterocycles. The summed E-state index contributed by atoms with van der Waals surface area (Å²) < 4.78 is 0. The molecular weight excluding hydrogens is 260 g/mol. The fraction of sp³-hybridized carbons (Fsp3) is 0.0556. The van der Waals surface area contributed by atoms with Gasteiger partial charge >= 0.3 is 0 Å².